The fraction of sp³-hybridized carbons (Fsp3) is 0.682. The van der Waals surface area contributed by atoms with Crippen LogP contribution >= 0.6 is 24.0 Å². The van der Waals surface area contributed by atoms with Gasteiger partial charge in [0.15, 0.2) is 5.96 Å². The van der Waals surface area contributed by atoms with Crippen molar-refractivity contribution in [2.75, 3.05) is 46.3 Å². The van der Waals surface area contributed by atoms with E-state index in [1.165, 1.54) is 63.8 Å². The highest BCUT2D eigenvalue weighted by molar-refractivity contribution is 14.0. The zero-order chi connectivity index (χ0) is 18.5. The molecule has 3 fully saturated rings. The molecule has 1 saturated carbocycles. The molecular formula is C22H36IN5. The van der Waals surface area contributed by atoms with Crippen molar-refractivity contribution in [2.24, 2.45) is 10.9 Å². The van der Waals surface area contributed by atoms with E-state index < -0.39 is 0 Å². The van der Waals surface area contributed by atoms with Gasteiger partial charge in [0.1, 0.15) is 0 Å². The third kappa shape index (κ3) is 5.83. The molecule has 5 nitrogen and oxygen atoms in total. The maximum absolute atomic E-state index is 4.47. The molecule has 2 N–H and O–H groups in total. The first-order chi connectivity index (χ1) is 13.3. The highest BCUT2D eigenvalue weighted by Gasteiger charge is 2.34. The second kappa shape index (κ2) is 10.8. The molecule has 0 radical (unpaired) electrons. The summed E-state index contributed by atoms with van der Waals surface area (Å²) in [5.74, 6) is 1.70. The monoisotopic (exact) mass is 497 g/mol. The van der Waals surface area contributed by atoms with Crippen LogP contribution in [0.3, 0.4) is 0 Å². The van der Waals surface area contributed by atoms with Gasteiger partial charge < -0.3 is 15.5 Å². The summed E-state index contributed by atoms with van der Waals surface area (Å²) in [4.78, 5) is 9.76. The van der Waals surface area contributed by atoms with Crippen molar-refractivity contribution >= 4 is 29.9 Å². The summed E-state index contributed by atoms with van der Waals surface area (Å²) in [7, 11) is 1.88. The van der Waals surface area contributed by atoms with E-state index in [1.54, 1.807) is 0 Å². The van der Waals surface area contributed by atoms with Crippen molar-refractivity contribution in [2.45, 2.75) is 44.2 Å². The predicted molar refractivity (Wildman–Crippen MR) is 127 cm³/mol. The minimum absolute atomic E-state index is 0. The average Bonchev–Trinajstić information content (AvgIpc) is 3.21. The van der Waals surface area contributed by atoms with Crippen LogP contribution in [0.4, 0.5) is 0 Å². The Morgan fingerprint density at radius 2 is 1.82 bits per heavy atom. The Morgan fingerprint density at radius 3 is 2.50 bits per heavy atom. The van der Waals surface area contributed by atoms with E-state index in [2.05, 4.69) is 55.8 Å². The van der Waals surface area contributed by atoms with E-state index in [0.29, 0.717) is 6.04 Å². The molecule has 0 spiro atoms. The quantitative estimate of drug-likeness (QED) is 0.345. The normalized spacial score (nSPS) is 24.8. The lowest BCUT2D eigenvalue weighted by Gasteiger charge is -2.29. The van der Waals surface area contributed by atoms with Crippen LogP contribution in [0, 0.1) is 5.92 Å². The highest BCUT2D eigenvalue weighted by atomic mass is 127. The molecule has 6 heteroatoms. The minimum Gasteiger partial charge on any atom is -0.356 e. The van der Waals surface area contributed by atoms with Crippen molar-refractivity contribution < 1.29 is 0 Å². The van der Waals surface area contributed by atoms with Crippen molar-refractivity contribution in [3.8, 4) is 0 Å². The van der Waals surface area contributed by atoms with Crippen LogP contribution in [0.5, 0.6) is 0 Å². The lowest BCUT2D eigenvalue weighted by Crippen LogP contribution is -2.44. The second-order valence-electron chi connectivity index (χ2n) is 8.38. The molecule has 2 heterocycles. The average molecular weight is 497 g/mol. The molecule has 28 heavy (non-hydrogen) atoms. The van der Waals surface area contributed by atoms with E-state index in [4.69, 9.17) is 0 Å². The Balaban J connectivity index is 0.00000225. The Bertz CT molecular complexity index is 613. The third-order valence-corrected chi connectivity index (χ3v) is 6.39. The van der Waals surface area contributed by atoms with E-state index in [-0.39, 0.29) is 24.0 Å². The molecule has 0 bridgehead atoms. The number of benzene rings is 1. The number of hydrogen-bond acceptors (Lipinski definition) is 3. The van der Waals surface area contributed by atoms with Gasteiger partial charge in [0, 0.05) is 32.7 Å². The van der Waals surface area contributed by atoms with Crippen LogP contribution in [-0.4, -0.2) is 68.1 Å². The van der Waals surface area contributed by atoms with Gasteiger partial charge in [-0.15, -0.1) is 24.0 Å². The van der Waals surface area contributed by atoms with Crippen LogP contribution in [-0.2, 0) is 0 Å². The van der Waals surface area contributed by atoms with Crippen molar-refractivity contribution in [3.05, 3.63) is 35.9 Å². The summed E-state index contributed by atoms with van der Waals surface area (Å²) in [6, 6.07) is 12.2. The van der Waals surface area contributed by atoms with Crippen molar-refractivity contribution in [1.29, 1.82) is 0 Å². The zero-order valence-corrected chi connectivity index (χ0v) is 19.5. The Labute approximate surface area is 187 Å². The lowest BCUT2D eigenvalue weighted by molar-refractivity contribution is 0.245. The maximum Gasteiger partial charge on any atom is 0.191 e. The first-order valence-corrected chi connectivity index (χ1v) is 10.8. The summed E-state index contributed by atoms with van der Waals surface area (Å²) in [6.07, 6.45) is 6.79. The Kier molecular flexibility index (Phi) is 8.41. The molecule has 2 unspecified atom stereocenters. The van der Waals surface area contributed by atoms with Gasteiger partial charge in [-0.1, -0.05) is 30.3 Å². The number of aliphatic imine (C=N–C) groups is 1. The molecule has 0 aromatic heterocycles. The first-order valence-electron chi connectivity index (χ1n) is 10.8. The topological polar surface area (TPSA) is 42.9 Å². The van der Waals surface area contributed by atoms with Gasteiger partial charge >= 0.3 is 0 Å². The highest BCUT2D eigenvalue weighted by Crippen LogP contribution is 2.31. The van der Waals surface area contributed by atoms with E-state index in [9.17, 15) is 0 Å². The standard InChI is InChI=1S/C22H35N5.HI/c1-23-22(24-15-18-11-14-27(17-18)20-9-10-20)25-16-21(26-12-5-6-13-26)19-7-3-2-4-8-19;/h2-4,7-8,18,20-21H,5-6,9-17H2,1H3,(H2,23,24,25);1H. The third-order valence-electron chi connectivity index (χ3n) is 6.39. The molecule has 1 aliphatic carbocycles. The number of guanidine groups is 1. The van der Waals surface area contributed by atoms with Crippen LogP contribution < -0.4 is 10.6 Å². The fourth-order valence-electron chi connectivity index (χ4n) is 4.64. The molecule has 1 aromatic carbocycles. The number of hydrogen-bond donors (Lipinski definition) is 2. The molecule has 2 aliphatic heterocycles. The zero-order valence-electron chi connectivity index (χ0n) is 17.1. The molecule has 0 amide bonds. The van der Waals surface area contributed by atoms with Gasteiger partial charge in [-0.2, -0.15) is 0 Å². The van der Waals surface area contributed by atoms with Gasteiger partial charge in [0.25, 0.3) is 0 Å². The molecular weight excluding hydrogens is 461 g/mol. The summed E-state index contributed by atoms with van der Waals surface area (Å²) in [5.41, 5.74) is 1.40. The number of rotatable bonds is 7. The van der Waals surface area contributed by atoms with Gasteiger partial charge in [0.05, 0.1) is 6.04 Å². The van der Waals surface area contributed by atoms with Crippen LogP contribution in [0.2, 0.25) is 0 Å². The summed E-state index contributed by atoms with van der Waals surface area (Å²) >= 11 is 0. The molecule has 156 valence electrons. The smallest absolute Gasteiger partial charge is 0.191 e. The van der Waals surface area contributed by atoms with Crippen LogP contribution in [0.15, 0.2) is 35.3 Å². The Hall–Kier alpha value is -0.860. The summed E-state index contributed by atoms with van der Waals surface area (Å²) < 4.78 is 0. The Morgan fingerprint density at radius 1 is 1.07 bits per heavy atom. The van der Waals surface area contributed by atoms with Gasteiger partial charge in [0.2, 0.25) is 0 Å². The lowest BCUT2D eigenvalue weighted by atomic mass is 10.1. The molecule has 2 saturated heterocycles. The minimum atomic E-state index is 0. The number of nitrogens with zero attached hydrogens (tertiary/aromatic N) is 3. The van der Waals surface area contributed by atoms with E-state index >= 15 is 0 Å². The second-order valence-corrected chi connectivity index (χ2v) is 8.38. The van der Waals surface area contributed by atoms with E-state index in [0.717, 1.165) is 31.0 Å². The van der Waals surface area contributed by atoms with Crippen LogP contribution in [0.1, 0.15) is 43.7 Å². The number of halogens is 1. The van der Waals surface area contributed by atoms with Crippen LogP contribution in [0.25, 0.3) is 0 Å². The first kappa shape index (κ1) is 21.8. The summed E-state index contributed by atoms with van der Waals surface area (Å²) in [6.45, 7) is 6.88. The summed E-state index contributed by atoms with van der Waals surface area (Å²) in [5, 5.41) is 7.18. The maximum atomic E-state index is 4.47. The van der Waals surface area contributed by atoms with Gasteiger partial charge in [-0.25, -0.2) is 0 Å². The van der Waals surface area contributed by atoms with Crippen molar-refractivity contribution in [1.82, 2.24) is 20.4 Å². The molecule has 3 aliphatic rings. The SMILES string of the molecule is CN=C(NCC1CCN(C2CC2)C1)NCC(c1ccccc1)N1CCCC1.I. The molecule has 1 aromatic rings. The van der Waals surface area contributed by atoms with Gasteiger partial charge in [-0.05, 0) is 63.2 Å². The van der Waals surface area contributed by atoms with E-state index in [1.807, 2.05) is 7.05 Å². The molecule has 4 rings (SSSR count). The number of likely N-dealkylation sites (tertiary alicyclic amines) is 2. The number of nitrogens with one attached hydrogen (secondary N) is 2. The predicted octanol–water partition coefficient (Wildman–Crippen LogP) is 3.09. The van der Waals surface area contributed by atoms with Crippen molar-refractivity contribution in [3.63, 3.8) is 0 Å². The fourth-order valence-corrected chi connectivity index (χ4v) is 4.64. The largest absolute Gasteiger partial charge is 0.356 e. The van der Waals surface area contributed by atoms with Gasteiger partial charge in [-0.3, -0.25) is 9.89 Å². The molecule has 2 atom stereocenters.